The highest BCUT2D eigenvalue weighted by Gasteiger charge is 2.54. The van der Waals surface area contributed by atoms with Gasteiger partial charge in [-0.15, -0.1) is 12.4 Å². The molecule has 4 aliphatic rings. The van der Waals surface area contributed by atoms with Crippen molar-refractivity contribution in [1.82, 2.24) is 0 Å². The van der Waals surface area contributed by atoms with Gasteiger partial charge in [0.2, 0.25) is 0 Å². The van der Waals surface area contributed by atoms with E-state index in [0.29, 0.717) is 18.6 Å². The fraction of sp³-hybridized carbons (Fsp3) is 0.613. The number of benzene rings is 2. The first-order valence-electron chi connectivity index (χ1n) is 13.4. The first-order valence-corrected chi connectivity index (χ1v) is 13.4. The molecule has 4 fully saturated rings. The van der Waals surface area contributed by atoms with E-state index in [-0.39, 0.29) is 17.9 Å². The van der Waals surface area contributed by atoms with Crippen LogP contribution < -0.4 is 9.64 Å². The fourth-order valence-electron chi connectivity index (χ4n) is 7.84. The number of para-hydroxylation sites is 2. The molecule has 3 heteroatoms. The lowest BCUT2D eigenvalue weighted by molar-refractivity contribution is -0.0104. The predicted molar refractivity (Wildman–Crippen MR) is 147 cm³/mol. The van der Waals surface area contributed by atoms with Crippen molar-refractivity contribution in [3.05, 3.63) is 58.7 Å². The standard InChI is InChI=1S/C31H43NO.ClH/c1-20(2)27-11-8-12-28(21(3)4)30(27)33-19-32(29-22(5)9-7-10-23(29)6)31-16-24-13-25(17-31)15-26(14-24)18-31;/h7-12,20-21,24-26H,13-19H2,1-6H3;1H. The largest absolute Gasteiger partial charge is 0.472 e. The number of hydrogen-bond donors (Lipinski definition) is 0. The second kappa shape index (κ2) is 9.76. The van der Waals surface area contributed by atoms with Gasteiger partial charge >= 0.3 is 0 Å². The maximum absolute atomic E-state index is 6.93. The van der Waals surface area contributed by atoms with E-state index in [1.807, 2.05) is 0 Å². The third kappa shape index (κ3) is 4.48. The van der Waals surface area contributed by atoms with E-state index in [9.17, 15) is 0 Å². The Hall–Kier alpha value is -1.67. The lowest BCUT2D eigenvalue weighted by Crippen LogP contribution is -2.61. The summed E-state index contributed by atoms with van der Waals surface area (Å²) in [6, 6.07) is 13.5. The van der Waals surface area contributed by atoms with Gasteiger partial charge in [0.25, 0.3) is 0 Å². The van der Waals surface area contributed by atoms with Gasteiger partial charge in [0.1, 0.15) is 5.75 Å². The highest BCUT2D eigenvalue weighted by molar-refractivity contribution is 5.85. The molecule has 4 aliphatic carbocycles. The van der Waals surface area contributed by atoms with E-state index < -0.39 is 0 Å². The molecule has 4 bridgehead atoms. The predicted octanol–water partition coefficient (Wildman–Crippen LogP) is 8.78. The maximum atomic E-state index is 6.93. The molecule has 0 unspecified atom stereocenters. The average molecular weight is 482 g/mol. The van der Waals surface area contributed by atoms with Gasteiger partial charge < -0.3 is 9.64 Å². The minimum absolute atomic E-state index is 0. The third-order valence-corrected chi connectivity index (χ3v) is 8.95. The number of rotatable bonds is 7. The van der Waals surface area contributed by atoms with E-state index in [0.717, 1.165) is 23.5 Å². The molecule has 186 valence electrons. The monoisotopic (exact) mass is 481 g/mol. The van der Waals surface area contributed by atoms with Crippen molar-refractivity contribution < 1.29 is 4.74 Å². The Morgan fingerprint density at radius 3 is 1.68 bits per heavy atom. The molecular formula is C31H44ClNO. The van der Waals surface area contributed by atoms with Crippen molar-refractivity contribution >= 4 is 18.1 Å². The van der Waals surface area contributed by atoms with E-state index in [4.69, 9.17) is 4.74 Å². The van der Waals surface area contributed by atoms with Crippen LogP contribution >= 0.6 is 12.4 Å². The summed E-state index contributed by atoms with van der Waals surface area (Å²) in [6.07, 6.45) is 8.44. The minimum Gasteiger partial charge on any atom is -0.472 e. The summed E-state index contributed by atoms with van der Waals surface area (Å²) >= 11 is 0. The Labute approximate surface area is 213 Å². The number of nitrogens with zero attached hydrogens (tertiary/aromatic N) is 1. The Morgan fingerprint density at radius 1 is 0.794 bits per heavy atom. The normalized spacial score (nSPS) is 27.2. The smallest absolute Gasteiger partial charge is 0.162 e. The summed E-state index contributed by atoms with van der Waals surface area (Å²) in [6.45, 7) is 14.4. The molecule has 34 heavy (non-hydrogen) atoms. The molecule has 0 heterocycles. The van der Waals surface area contributed by atoms with Gasteiger partial charge in [0.05, 0.1) is 0 Å². The van der Waals surface area contributed by atoms with Gasteiger partial charge in [-0.25, -0.2) is 0 Å². The molecule has 0 radical (unpaired) electrons. The molecule has 0 atom stereocenters. The minimum atomic E-state index is 0. The number of halogens is 1. The van der Waals surface area contributed by atoms with Gasteiger partial charge in [0.15, 0.2) is 6.73 Å². The molecule has 0 N–H and O–H groups in total. The van der Waals surface area contributed by atoms with E-state index in [2.05, 4.69) is 82.8 Å². The van der Waals surface area contributed by atoms with Crippen LogP contribution in [-0.4, -0.2) is 12.3 Å². The SMILES string of the molecule is Cc1cccc(C)c1N(COc1c(C(C)C)cccc1C(C)C)C12CC3CC(CC(C3)C1)C2.Cl. The summed E-state index contributed by atoms with van der Waals surface area (Å²) in [5.41, 5.74) is 7.14. The fourth-order valence-corrected chi connectivity index (χ4v) is 7.84. The van der Waals surface area contributed by atoms with Crippen LogP contribution in [0.1, 0.15) is 100 Å². The molecule has 2 nitrogen and oxygen atoms in total. The van der Waals surface area contributed by atoms with Crippen LogP contribution in [0.5, 0.6) is 5.75 Å². The Bertz CT molecular complexity index is 929. The zero-order valence-corrected chi connectivity index (χ0v) is 22.9. The quantitative estimate of drug-likeness (QED) is 0.366. The second-order valence-corrected chi connectivity index (χ2v) is 12.2. The van der Waals surface area contributed by atoms with Crippen LogP contribution in [0.2, 0.25) is 0 Å². The second-order valence-electron chi connectivity index (χ2n) is 12.2. The first kappa shape index (κ1) is 25.4. The zero-order valence-electron chi connectivity index (χ0n) is 22.1. The molecule has 0 spiro atoms. The van der Waals surface area contributed by atoms with Gasteiger partial charge in [0, 0.05) is 11.2 Å². The van der Waals surface area contributed by atoms with Gasteiger partial charge in [-0.3, -0.25) is 0 Å². The van der Waals surface area contributed by atoms with Crippen LogP contribution in [0.4, 0.5) is 5.69 Å². The molecule has 0 saturated heterocycles. The zero-order chi connectivity index (χ0) is 23.3. The van der Waals surface area contributed by atoms with Gasteiger partial charge in [-0.2, -0.15) is 0 Å². The summed E-state index contributed by atoms with van der Waals surface area (Å²) in [5, 5.41) is 0. The van der Waals surface area contributed by atoms with E-state index in [1.165, 1.54) is 66.5 Å². The highest BCUT2D eigenvalue weighted by atomic mass is 35.5. The molecule has 2 aromatic carbocycles. The molecule has 4 saturated carbocycles. The first-order chi connectivity index (χ1) is 15.8. The lowest BCUT2D eigenvalue weighted by Gasteiger charge is -2.61. The molecule has 0 amide bonds. The van der Waals surface area contributed by atoms with Gasteiger partial charge in [-0.1, -0.05) is 64.1 Å². The van der Waals surface area contributed by atoms with Crippen molar-refractivity contribution in [2.24, 2.45) is 17.8 Å². The molecule has 0 aliphatic heterocycles. The highest BCUT2D eigenvalue weighted by Crippen LogP contribution is 2.58. The number of ether oxygens (including phenoxy) is 1. The summed E-state index contributed by atoms with van der Waals surface area (Å²) in [7, 11) is 0. The van der Waals surface area contributed by atoms with Crippen molar-refractivity contribution in [3.63, 3.8) is 0 Å². The van der Waals surface area contributed by atoms with Crippen molar-refractivity contribution in [3.8, 4) is 5.75 Å². The molecular weight excluding hydrogens is 438 g/mol. The molecule has 6 rings (SSSR count). The van der Waals surface area contributed by atoms with Crippen LogP contribution in [-0.2, 0) is 0 Å². The topological polar surface area (TPSA) is 12.5 Å². The van der Waals surface area contributed by atoms with Crippen LogP contribution in [0, 0.1) is 31.6 Å². The summed E-state index contributed by atoms with van der Waals surface area (Å²) in [4.78, 5) is 2.74. The number of aryl methyl sites for hydroxylation is 2. The van der Waals surface area contributed by atoms with Crippen LogP contribution in [0.3, 0.4) is 0 Å². The van der Waals surface area contributed by atoms with Crippen molar-refractivity contribution in [1.29, 1.82) is 0 Å². The maximum Gasteiger partial charge on any atom is 0.162 e. The third-order valence-electron chi connectivity index (χ3n) is 8.95. The summed E-state index contributed by atoms with van der Waals surface area (Å²) < 4.78 is 6.93. The van der Waals surface area contributed by atoms with Gasteiger partial charge in [-0.05, 0) is 104 Å². The van der Waals surface area contributed by atoms with E-state index >= 15 is 0 Å². The lowest BCUT2D eigenvalue weighted by atomic mass is 9.52. The number of anilines is 1. The summed E-state index contributed by atoms with van der Waals surface area (Å²) in [5.74, 6) is 4.77. The molecule has 0 aromatic heterocycles. The van der Waals surface area contributed by atoms with Crippen LogP contribution in [0.15, 0.2) is 36.4 Å². The molecule has 2 aromatic rings. The Kier molecular flexibility index (Phi) is 7.30. The average Bonchev–Trinajstić information content (AvgIpc) is 2.74. The van der Waals surface area contributed by atoms with Crippen molar-refractivity contribution in [2.75, 3.05) is 11.6 Å². The number of hydrogen-bond acceptors (Lipinski definition) is 2. The Balaban J connectivity index is 0.00000274. The van der Waals surface area contributed by atoms with Crippen molar-refractivity contribution in [2.45, 2.75) is 97.4 Å². The van der Waals surface area contributed by atoms with Crippen LogP contribution in [0.25, 0.3) is 0 Å². The van der Waals surface area contributed by atoms with E-state index in [1.54, 1.807) is 0 Å². The Morgan fingerprint density at radius 2 is 1.24 bits per heavy atom.